The number of pyridine rings is 1. The zero-order valence-corrected chi connectivity index (χ0v) is 10.7. The fourth-order valence-corrected chi connectivity index (χ4v) is 1.14. The highest BCUT2D eigenvalue weighted by Gasteiger charge is 1.93. The smallest absolute Gasteiger partial charge is 0.0312 e. The van der Waals surface area contributed by atoms with Crippen LogP contribution in [0.1, 0.15) is 19.4 Å². The monoisotopic (exact) mass is 231 g/mol. The van der Waals surface area contributed by atoms with E-state index in [2.05, 4.69) is 28.6 Å². The summed E-state index contributed by atoms with van der Waals surface area (Å²) in [6.45, 7) is 12.6. The second-order valence-electron chi connectivity index (χ2n) is 3.06. The van der Waals surface area contributed by atoms with E-state index in [0.717, 1.165) is 24.2 Å². The van der Waals surface area contributed by atoms with E-state index in [9.17, 15) is 0 Å². The molecule has 0 bridgehead atoms. The molecular formula is C14H21N3. The van der Waals surface area contributed by atoms with E-state index in [0.29, 0.717) is 0 Å². The predicted molar refractivity (Wildman–Crippen MR) is 75.1 cm³/mol. The molecule has 1 heterocycles. The number of nitrogens with zero attached hydrogens (tertiary/aromatic N) is 2. The van der Waals surface area contributed by atoms with Gasteiger partial charge in [0.1, 0.15) is 0 Å². The van der Waals surface area contributed by atoms with Crippen LogP contribution in [-0.4, -0.2) is 18.2 Å². The van der Waals surface area contributed by atoms with Gasteiger partial charge < -0.3 is 5.32 Å². The van der Waals surface area contributed by atoms with Gasteiger partial charge in [-0.25, -0.2) is 0 Å². The largest absolute Gasteiger partial charge is 0.309 e. The van der Waals surface area contributed by atoms with Crippen molar-refractivity contribution in [2.45, 2.75) is 20.4 Å². The Hall–Kier alpha value is -1.74. The van der Waals surface area contributed by atoms with Gasteiger partial charge in [-0.1, -0.05) is 32.6 Å². The van der Waals surface area contributed by atoms with Gasteiger partial charge in [0.25, 0.3) is 0 Å². The summed E-state index contributed by atoms with van der Waals surface area (Å²) in [5.74, 6) is 0. The fraction of sp³-hybridized carbons (Fsp3) is 0.286. The van der Waals surface area contributed by atoms with Crippen LogP contribution in [-0.2, 0) is 6.54 Å². The standard InChI is InChI=1S/C12H15N3.C2H6/c1-3-11(7-13-2)8-15-10-12-5-4-6-14-9-12;1-2/h3-7,9,15H,1-2,8,10H2;1-2H3/b11-7+;. The van der Waals surface area contributed by atoms with Gasteiger partial charge in [0.15, 0.2) is 0 Å². The summed E-state index contributed by atoms with van der Waals surface area (Å²) in [5, 5.41) is 3.27. The van der Waals surface area contributed by atoms with Crippen molar-refractivity contribution < 1.29 is 0 Å². The van der Waals surface area contributed by atoms with Gasteiger partial charge >= 0.3 is 0 Å². The van der Waals surface area contributed by atoms with Crippen LogP contribution in [0.25, 0.3) is 0 Å². The van der Waals surface area contributed by atoms with Crippen LogP contribution >= 0.6 is 0 Å². The number of aromatic nitrogens is 1. The highest BCUT2D eigenvalue weighted by Crippen LogP contribution is 1.97. The highest BCUT2D eigenvalue weighted by atomic mass is 14.9. The maximum atomic E-state index is 4.04. The number of rotatable bonds is 6. The average Bonchev–Trinajstić information content (AvgIpc) is 2.41. The van der Waals surface area contributed by atoms with E-state index in [1.54, 1.807) is 18.5 Å². The van der Waals surface area contributed by atoms with Crippen LogP contribution in [0.2, 0.25) is 0 Å². The van der Waals surface area contributed by atoms with E-state index in [1.165, 1.54) is 0 Å². The molecular weight excluding hydrogens is 210 g/mol. The molecule has 0 aromatic carbocycles. The Labute approximate surface area is 104 Å². The molecule has 0 fully saturated rings. The minimum atomic E-state index is 0.734. The average molecular weight is 231 g/mol. The van der Waals surface area contributed by atoms with Crippen molar-refractivity contribution in [1.82, 2.24) is 10.3 Å². The van der Waals surface area contributed by atoms with Gasteiger partial charge in [-0.15, -0.1) is 0 Å². The SMILES string of the molecule is C=C/C(=C\N=C)CNCc1cccnc1.CC. The fourth-order valence-electron chi connectivity index (χ4n) is 1.14. The van der Waals surface area contributed by atoms with Gasteiger partial charge in [-0.2, -0.15) is 0 Å². The summed E-state index contributed by atoms with van der Waals surface area (Å²) >= 11 is 0. The second kappa shape index (κ2) is 10.8. The normalized spacial score (nSPS) is 10.1. The molecule has 0 radical (unpaired) electrons. The molecule has 1 aromatic heterocycles. The zero-order chi connectivity index (χ0) is 12.9. The molecule has 1 N–H and O–H groups in total. The van der Waals surface area contributed by atoms with E-state index >= 15 is 0 Å². The van der Waals surface area contributed by atoms with Crippen LogP contribution in [0.4, 0.5) is 0 Å². The highest BCUT2D eigenvalue weighted by molar-refractivity contribution is 5.29. The first-order chi connectivity index (χ1) is 8.36. The van der Waals surface area contributed by atoms with Crippen LogP contribution < -0.4 is 5.32 Å². The van der Waals surface area contributed by atoms with Crippen molar-refractivity contribution in [2.24, 2.45) is 4.99 Å². The van der Waals surface area contributed by atoms with Gasteiger partial charge in [-0.05, 0) is 23.9 Å². The Morgan fingerprint density at radius 3 is 2.82 bits per heavy atom. The second-order valence-corrected chi connectivity index (χ2v) is 3.06. The van der Waals surface area contributed by atoms with E-state index in [1.807, 2.05) is 32.2 Å². The van der Waals surface area contributed by atoms with Crippen LogP contribution in [0, 0.1) is 0 Å². The van der Waals surface area contributed by atoms with E-state index < -0.39 is 0 Å². The first kappa shape index (κ1) is 15.3. The van der Waals surface area contributed by atoms with Gasteiger partial charge in [0.2, 0.25) is 0 Å². The molecule has 3 nitrogen and oxygen atoms in total. The molecule has 17 heavy (non-hydrogen) atoms. The Balaban J connectivity index is 0.00000121. The van der Waals surface area contributed by atoms with Crippen molar-refractivity contribution in [3.8, 4) is 0 Å². The number of aliphatic imine (C=N–C) groups is 1. The first-order valence-electron chi connectivity index (χ1n) is 5.73. The van der Waals surface area contributed by atoms with Crippen LogP contribution in [0.5, 0.6) is 0 Å². The topological polar surface area (TPSA) is 37.3 Å². The molecule has 92 valence electrons. The molecule has 0 saturated heterocycles. The maximum Gasteiger partial charge on any atom is 0.0312 e. The molecule has 1 rings (SSSR count). The lowest BCUT2D eigenvalue weighted by Crippen LogP contribution is -2.15. The van der Waals surface area contributed by atoms with Crippen LogP contribution in [0.15, 0.2) is 53.9 Å². The Morgan fingerprint density at radius 1 is 1.53 bits per heavy atom. The molecule has 0 atom stereocenters. The van der Waals surface area contributed by atoms with Crippen molar-refractivity contribution in [3.05, 3.63) is 54.5 Å². The Bertz CT molecular complexity index is 342. The Morgan fingerprint density at radius 2 is 2.29 bits per heavy atom. The summed E-state index contributed by atoms with van der Waals surface area (Å²) < 4.78 is 0. The molecule has 0 aliphatic rings. The molecule has 0 saturated carbocycles. The van der Waals surface area contributed by atoms with E-state index in [4.69, 9.17) is 0 Å². The van der Waals surface area contributed by atoms with Crippen molar-refractivity contribution >= 4 is 6.72 Å². The lowest BCUT2D eigenvalue weighted by Gasteiger charge is -2.04. The van der Waals surface area contributed by atoms with E-state index in [-0.39, 0.29) is 0 Å². The van der Waals surface area contributed by atoms with Crippen molar-refractivity contribution in [2.75, 3.05) is 6.54 Å². The lowest BCUT2D eigenvalue weighted by molar-refractivity contribution is 0.743. The van der Waals surface area contributed by atoms with Crippen molar-refractivity contribution in [1.29, 1.82) is 0 Å². The minimum absolute atomic E-state index is 0.734. The molecule has 0 aliphatic heterocycles. The van der Waals surface area contributed by atoms with Gasteiger partial charge in [-0.3, -0.25) is 9.98 Å². The Kier molecular flexibility index (Phi) is 9.67. The van der Waals surface area contributed by atoms with Gasteiger partial charge in [0, 0.05) is 31.7 Å². The minimum Gasteiger partial charge on any atom is -0.309 e. The number of hydrogen-bond donors (Lipinski definition) is 1. The molecule has 1 aromatic rings. The summed E-state index contributed by atoms with van der Waals surface area (Å²) in [7, 11) is 0. The third-order valence-electron chi connectivity index (χ3n) is 1.90. The number of hydrogen-bond acceptors (Lipinski definition) is 3. The third kappa shape index (κ3) is 7.19. The zero-order valence-electron chi connectivity index (χ0n) is 10.7. The summed E-state index contributed by atoms with van der Waals surface area (Å²) in [4.78, 5) is 7.73. The number of nitrogens with one attached hydrogen (secondary N) is 1. The lowest BCUT2D eigenvalue weighted by atomic mass is 10.2. The molecule has 0 unspecified atom stereocenters. The molecule has 0 aliphatic carbocycles. The summed E-state index contributed by atoms with van der Waals surface area (Å²) in [6, 6.07) is 3.95. The third-order valence-corrected chi connectivity index (χ3v) is 1.90. The summed E-state index contributed by atoms with van der Waals surface area (Å²) in [5.41, 5.74) is 2.18. The summed E-state index contributed by atoms with van der Waals surface area (Å²) in [6.07, 6.45) is 7.07. The molecule has 0 spiro atoms. The molecule has 3 heteroatoms. The van der Waals surface area contributed by atoms with Crippen LogP contribution in [0.3, 0.4) is 0 Å². The quantitative estimate of drug-likeness (QED) is 0.603. The van der Waals surface area contributed by atoms with Gasteiger partial charge in [0.05, 0.1) is 0 Å². The predicted octanol–water partition coefficient (Wildman–Crippen LogP) is 2.97. The maximum absolute atomic E-state index is 4.04. The first-order valence-corrected chi connectivity index (χ1v) is 5.73. The van der Waals surface area contributed by atoms with Crippen molar-refractivity contribution in [3.63, 3.8) is 0 Å². The molecule has 0 amide bonds.